The van der Waals surface area contributed by atoms with Crippen LogP contribution in [0.1, 0.15) is 28.2 Å². The first kappa shape index (κ1) is 14.9. The van der Waals surface area contributed by atoms with Crippen LogP contribution in [0.4, 0.5) is 5.69 Å². The van der Waals surface area contributed by atoms with Crippen molar-refractivity contribution in [3.05, 3.63) is 58.7 Å². The highest BCUT2D eigenvalue weighted by Crippen LogP contribution is 2.27. The molecule has 21 heavy (non-hydrogen) atoms. The van der Waals surface area contributed by atoms with Gasteiger partial charge >= 0.3 is 5.97 Å². The summed E-state index contributed by atoms with van der Waals surface area (Å²) in [5.74, 6) is -1.49. The van der Waals surface area contributed by atoms with Crippen LogP contribution in [-0.4, -0.2) is 16.2 Å². The van der Waals surface area contributed by atoms with E-state index in [1.807, 2.05) is 32.0 Å². The van der Waals surface area contributed by atoms with E-state index in [1.165, 1.54) is 6.07 Å². The standard InChI is InChI=1S/C17H19NO3/c1-10-3-5-13(7-11(10)2)14(17(20)21)8-12-4-6-16(19)15(18)9-12/h3-7,9,14,19H,8,18H2,1-2H3,(H,20,21). The van der Waals surface area contributed by atoms with Gasteiger partial charge < -0.3 is 15.9 Å². The van der Waals surface area contributed by atoms with Gasteiger partial charge in [0.15, 0.2) is 0 Å². The molecule has 0 aliphatic rings. The molecule has 0 aliphatic carbocycles. The molecular weight excluding hydrogens is 266 g/mol. The van der Waals surface area contributed by atoms with Gasteiger partial charge in [0.05, 0.1) is 11.6 Å². The lowest BCUT2D eigenvalue weighted by atomic mass is 9.90. The summed E-state index contributed by atoms with van der Waals surface area (Å²) in [5, 5.41) is 18.9. The topological polar surface area (TPSA) is 83.5 Å². The molecule has 1 unspecified atom stereocenters. The number of benzene rings is 2. The summed E-state index contributed by atoms with van der Waals surface area (Å²) < 4.78 is 0. The van der Waals surface area contributed by atoms with E-state index < -0.39 is 11.9 Å². The summed E-state index contributed by atoms with van der Waals surface area (Å²) in [6.45, 7) is 3.96. The Hall–Kier alpha value is -2.49. The second kappa shape index (κ2) is 5.87. The molecule has 4 nitrogen and oxygen atoms in total. The fraction of sp³-hybridized carbons (Fsp3) is 0.235. The number of rotatable bonds is 4. The predicted molar refractivity (Wildman–Crippen MR) is 82.5 cm³/mol. The van der Waals surface area contributed by atoms with Gasteiger partial charge in [-0.15, -0.1) is 0 Å². The normalized spacial score (nSPS) is 12.1. The van der Waals surface area contributed by atoms with E-state index in [4.69, 9.17) is 5.73 Å². The molecule has 2 aromatic rings. The van der Waals surface area contributed by atoms with Gasteiger partial charge in [-0.2, -0.15) is 0 Å². The van der Waals surface area contributed by atoms with E-state index >= 15 is 0 Å². The van der Waals surface area contributed by atoms with E-state index in [0.717, 1.165) is 22.3 Å². The maximum absolute atomic E-state index is 11.6. The number of phenols is 1. The molecule has 0 saturated carbocycles. The van der Waals surface area contributed by atoms with Gasteiger partial charge in [-0.3, -0.25) is 4.79 Å². The van der Waals surface area contributed by atoms with E-state index in [2.05, 4.69) is 0 Å². The first-order valence-corrected chi connectivity index (χ1v) is 6.76. The number of nitrogens with two attached hydrogens (primary N) is 1. The van der Waals surface area contributed by atoms with Crippen molar-refractivity contribution in [2.75, 3.05) is 5.73 Å². The SMILES string of the molecule is Cc1ccc(C(Cc2ccc(O)c(N)c2)C(=O)O)cc1C. The summed E-state index contributed by atoms with van der Waals surface area (Å²) in [6, 6.07) is 10.5. The average molecular weight is 285 g/mol. The molecule has 110 valence electrons. The Bertz CT molecular complexity index is 680. The van der Waals surface area contributed by atoms with Crippen LogP contribution in [0.2, 0.25) is 0 Å². The van der Waals surface area contributed by atoms with Gasteiger partial charge in [-0.1, -0.05) is 24.3 Å². The van der Waals surface area contributed by atoms with Crippen molar-refractivity contribution in [2.24, 2.45) is 0 Å². The number of anilines is 1. The third kappa shape index (κ3) is 3.34. The Kier molecular flexibility index (Phi) is 4.17. The van der Waals surface area contributed by atoms with Gasteiger partial charge in [0.2, 0.25) is 0 Å². The fourth-order valence-electron chi connectivity index (χ4n) is 2.30. The first-order valence-electron chi connectivity index (χ1n) is 6.76. The summed E-state index contributed by atoms with van der Waals surface area (Å²) in [6.07, 6.45) is 0.336. The van der Waals surface area contributed by atoms with E-state index in [1.54, 1.807) is 12.1 Å². The van der Waals surface area contributed by atoms with Crippen LogP contribution >= 0.6 is 0 Å². The van der Waals surface area contributed by atoms with Crippen LogP contribution in [0.5, 0.6) is 5.75 Å². The maximum Gasteiger partial charge on any atom is 0.311 e. The average Bonchev–Trinajstić information content (AvgIpc) is 2.43. The lowest BCUT2D eigenvalue weighted by Crippen LogP contribution is -2.15. The predicted octanol–water partition coefficient (Wildman–Crippen LogP) is 3.00. The van der Waals surface area contributed by atoms with E-state index in [9.17, 15) is 15.0 Å². The van der Waals surface area contributed by atoms with E-state index in [0.29, 0.717) is 6.42 Å². The number of hydrogen-bond donors (Lipinski definition) is 3. The van der Waals surface area contributed by atoms with Crippen LogP contribution < -0.4 is 5.73 Å². The first-order chi connectivity index (χ1) is 9.88. The minimum Gasteiger partial charge on any atom is -0.506 e. The molecule has 1 atom stereocenters. The van der Waals surface area contributed by atoms with Gasteiger partial charge in [-0.05, 0) is 54.7 Å². The van der Waals surface area contributed by atoms with Gasteiger partial charge in [-0.25, -0.2) is 0 Å². The second-order valence-electron chi connectivity index (χ2n) is 5.33. The number of phenolic OH excluding ortho intramolecular Hbond substituents is 1. The highest BCUT2D eigenvalue weighted by atomic mass is 16.4. The molecule has 2 rings (SSSR count). The molecule has 0 bridgehead atoms. The van der Waals surface area contributed by atoms with Crippen molar-refractivity contribution >= 4 is 11.7 Å². The summed E-state index contributed by atoms with van der Waals surface area (Å²) in [4.78, 5) is 11.6. The number of carboxylic acid groups (broad SMARTS) is 1. The number of aromatic hydroxyl groups is 1. The third-order valence-corrected chi connectivity index (χ3v) is 3.76. The Morgan fingerprint density at radius 2 is 1.86 bits per heavy atom. The van der Waals surface area contributed by atoms with Gasteiger partial charge in [0.1, 0.15) is 5.75 Å². The molecule has 0 amide bonds. The second-order valence-corrected chi connectivity index (χ2v) is 5.33. The lowest BCUT2D eigenvalue weighted by Gasteiger charge is -2.15. The zero-order chi connectivity index (χ0) is 15.6. The molecular formula is C17H19NO3. The van der Waals surface area contributed by atoms with Crippen molar-refractivity contribution in [2.45, 2.75) is 26.2 Å². The Morgan fingerprint density at radius 1 is 1.14 bits per heavy atom. The Morgan fingerprint density at radius 3 is 2.43 bits per heavy atom. The van der Waals surface area contributed by atoms with Crippen LogP contribution in [-0.2, 0) is 11.2 Å². The number of aliphatic carboxylic acids is 1. The molecule has 2 aromatic carbocycles. The number of nitrogen functional groups attached to an aromatic ring is 1. The zero-order valence-corrected chi connectivity index (χ0v) is 12.1. The number of carbonyl (C=O) groups is 1. The molecule has 0 saturated heterocycles. The smallest absolute Gasteiger partial charge is 0.311 e. The summed E-state index contributed by atoms with van der Waals surface area (Å²) in [5.41, 5.74) is 9.69. The summed E-state index contributed by atoms with van der Waals surface area (Å²) >= 11 is 0. The van der Waals surface area contributed by atoms with Crippen molar-refractivity contribution in [1.29, 1.82) is 0 Å². The van der Waals surface area contributed by atoms with Gasteiger partial charge in [0, 0.05) is 0 Å². The quantitative estimate of drug-likeness (QED) is 0.595. The minimum absolute atomic E-state index is 0.0109. The van der Waals surface area contributed by atoms with Crippen LogP contribution in [0.25, 0.3) is 0 Å². The molecule has 0 aromatic heterocycles. The molecule has 0 spiro atoms. The van der Waals surface area contributed by atoms with E-state index in [-0.39, 0.29) is 11.4 Å². The number of hydrogen-bond acceptors (Lipinski definition) is 3. The van der Waals surface area contributed by atoms with Gasteiger partial charge in [0.25, 0.3) is 0 Å². The number of carboxylic acids is 1. The molecule has 0 radical (unpaired) electrons. The minimum atomic E-state index is -0.870. The van der Waals surface area contributed by atoms with Crippen LogP contribution in [0, 0.1) is 13.8 Å². The molecule has 4 heteroatoms. The zero-order valence-electron chi connectivity index (χ0n) is 12.1. The van der Waals surface area contributed by atoms with Crippen molar-refractivity contribution < 1.29 is 15.0 Å². The highest BCUT2D eigenvalue weighted by Gasteiger charge is 2.21. The van der Waals surface area contributed by atoms with Crippen LogP contribution in [0.15, 0.2) is 36.4 Å². The molecule has 0 aliphatic heterocycles. The highest BCUT2D eigenvalue weighted by molar-refractivity contribution is 5.76. The largest absolute Gasteiger partial charge is 0.506 e. The van der Waals surface area contributed by atoms with Crippen LogP contribution in [0.3, 0.4) is 0 Å². The fourth-order valence-corrected chi connectivity index (χ4v) is 2.30. The third-order valence-electron chi connectivity index (χ3n) is 3.76. The van der Waals surface area contributed by atoms with Crippen molar-refractivity contribution in [3.63, 3.8) is 0 Å². The molecule has 0 fully saturated rings. The van der Waals surface area contributed by atoms with Crippen molar-refractivity contribution in [1.82, 2.24) is 0 Å². The number of aryl methyl sites for hydroxylation is 2. The van der Waals surface area contributed by atoms with Crippen molar-refractivity contribution in [3.8, 4) is 5.75 Å². The monoisotopic (exact) mass is 285 g/mol. The Balaban J connectivity index is 2.32. The lowest BCUT2D eigenvalue weighted by molar-refractivity contribution is -0.138. The molecule has 0 heterocycles. The Labute approximate surface area is 123 Å². The summed E-state index contributed by atoms with van der Waals surface area (Å²) in [7, 11) is 0. The maximum atomic E-state index is 11.6. The molecule has 4 N–H and O–H groups in total.